The van der Waals surface area contributed by atoms with Crippen molar-refractivity contribution in [3.8, 4) is 0 Å². The van der Waals surface area contributed by atoms with Gasteiger partial charge in [0, 0.05) is 40.3 Å². The number of fused-ring (bicyclic) bond motifs is 1. The van der Waals surface area contributed by atoms with Crippen LogP contribution in [-0.2, 0) is 6.54 Å². The number of hydrogen-bond acceptors (Lipinski definition) is 1. The van der Waals surface area contributed by atoms with Gasteiger partial charge in [-0.15, -0.1) is 0 Å². The summed E-state index contributed by atoms with van der Waals surface area (Å²) in [6, 6.07) is 26.4. The maximum Gasteiger partial charge on any atom is 0.0652 e. The monoisotopic (exact) mass is 498 g/mol. The number of aromatic nitrogens is 1. The maximum atomic E-state index is 5.02. The second kappa shape index (κ2) is 12.1. The van der Waals surface area contributed by atoms with Crippen LogP contribution in [0.25, 0.3) is 38.5 Å². The van der Waals surface area contributed by atoms with Crippen molar-refractivity contribution < 1.29 is 0 Å². The summed E-state index contributed by atoms with van der Waals surface area (Å²) in [5.41, 5.74) is 4.89. The quantitative estimate of drug-likeness (QED) is 0.104. The Morgan fingerprint density at radius 3 is 2.26 bits per heavy atom. The fourth-order valence-electron chi connectivity index (χ4n) is 5.46. The van der Waals surface area contributed by atoms with Gasteiger partial charge < -0.3 is 4.57 Å². The minimum Gasteiger partial charge on any atom is -0.340 e. The molecule has 0 N–H and O–H groups in total. The molecule has 5 rings (SSSR count). The van der Waals surface area contributed by atoms with Crippen LogP contribution in [0.5, 0.6) is 0 Å². The lowest BCUT2D eigenvalue weighted by Gasteiger charge is -2.10. The van der Waals surface area contributed by atoms with Gasteiger partial charge in [-0.3, -0.25) is 4.99 Å². The molecule has 0 spiro atoms. The molecule has 0 aliphatic rings. The van der Waals surface area contributed by atoms with Crippen LogP contribution in [0, 0.1) is 6.92 Å². The Balaban J connectivity index is 1.52. The third-order valence-electron chi connectivity index (χ3n) is 7.39. The minimum absolute atomic E-state index is 0.848. The van der Waals surface area contributed by atoms with Crippen LogP contribution in [-0.4, -0.2) is 16.8 Å². The summed E-state index contributed by atoms with van der Waals surface area (Å²) in [6.45, 7) is 8.55. The van der Waals surface area contributed by atoms with Gasteiger partial charge in [0.2, 0.25) is 0 Å². The Morgan fingerprint density at radius 2 is 1.47 bits per heavy atom. The third kappa shape index (κ3) is 5.22. The highest BCUT2D eigenvalue weighted by Gasteiger charge is 2.10. The van der Waals surface area contributed by atoms with Gasteiger partial charge in [0.25, 0.3) is 0 Å². The van der Waals surface area contributed by atoms with Crippen molar-refractivity contribution in [3.05, 3.63) is 114 Å². The molecular weight excluding hydrogens is 460 g/mol. The van der Waals surface area contributed by atoms with Crippen LogP contribution in [0.1, 0.15) is 50.7 Å². The molecule has 1 aromatic heterocycles. The van der Waals surface area contributed by atoms with Gasteiger partial charge in [0.1, 0.15) is 0 Å². The van der Waals surface area contributed by atoms with E-state index in [1.165, 1.54) is 61.8 Å². The van der Waals surface area contributed by atoms with Crippen molar-refractivity contribution in [1.82, 2.24) is 4.57 Å². The smallest absolute Gasteiger partial charge is 0.0652 e. The van der Waals surface area contributed by atoms with Crippen molar-refractivity contribution in [2.75, 3.05) is 6.54 Å². The third-order valence-corrected chi connectivity index (χ3v) is 7.39. The molecule has 0 unspecified atom stereocenters. The maximum absolute atomic E-state index is 5.02. The molecule has 4 aromatic carbocycles. The largest absolute Gasteiger partial charge is 0.340 e. The van der Waals surface area contributed by atoms with Crippen LogP contribution in [0.3, 0.4) is 0 Å². The second-order valence-corrected chi connectivity index (χ2v) is 10.1. The number of aryl methyl sites for hydroxylation is 2. The van der Waals surface area contributed by atoms with Crippen molar-refractivity contribution in [2.45, 2.75) is 53.0 Å². The van der Waals surface area contributed by atoms with E-state index in [0.717, 1.165) is 31.6 Å². The molecule has 0 aliphatic carbocycles. The first-order valence-corrected chi connectivity index (χ1v) is 14.1. The molecule has 0 aliphatic heterocycles. The first-order chi connectivity index (χ1) is 18.7. The number of rotatable bonds is 10. The highest BCUT2D eigenvalue weighted by Crippen LogP contribution is 2.26. The zero-order valence-electron chi connectivity index (χ0n) is 23.0. The summed E-state index contributed by atoms with van der Waals surface area (Å²) in [5, 5.41) is 7.86. The molecule has 0 fully saturated rings. The Bertz CT molecular complexity index is 1680. The molecule has 2 nitrogen and oxygen atoms in total. The standard InChI is InChI=1S/C36H38N2/c1-4-6-25-37-32(30-20-12-17-28-16-11-15-27(3)35(28)30)22-9-8-10-23-33-31-21-13-18-29-19-14-24-34(36(29)31)38(33)26-7-5-2/h8-24H,4-7,25-26H2,1-3H3/b10-8+,22-9+,33-23-,37-32?. The molecule has 0 saturated heterocycles. The fourth-order valence-corrected chi connectivity index (χ4v) is 5.46. The lowest BCUT2D eigenvalue weighted by atomic mass is 9.96. The summed E-state index contributed by atoms with van der Waals surface area (Å²) in [5.74, 6) is 0. The second-order valence-electron chi connectivity index (χ2n) is 10.1. The van der Waals surface area contributed by atoms with Crippen LogP contribution in [0.15, 0.2) is 102 Å². The number of aliphatic imine (C=N–C) groups is 1. The lowest BCUT2D eigenvalue weighted by Crippen LogP contribution is -2.16. The Labute approximate surface area is 226 Å². The van der Waals surface area contributed by atoms with Gasteiger partial charge in [-0.2, -0.15) is 0 Å². The van der Waals surface area contributed by atoms with E-state index in [4.69, 9.17) is 4.99 Å². The van der Waals surface area contributed by atoms with Crippen molar-refractivity contribution in [1.29, 1.82) is 0 Å². The highest BCUT2D eigenvalue weighted by atomic mass is 15.0. The summed E-state index contributed by atoms with van der Waals surface area (Å²) >= 11 is 0. The molecular formula is C36H38N2. The van der Waals surface area contributed by atoms with Crippen molar-refractivity contribution in [3.63, 3.8) is 0 Å². The van der Waals surface area contributed by atoms with Gasteiger partial charge in [0.15, 0.2) is 0 Å². The van der Waals surface area contributed by atoms with E-state index in [1.54, 1.807) is 0 Å². The van der Waals surface area contributed by atoms with E-state index in [1.807, 2.05) is 0 Å². The molecule has 0 saturated carbocycles. The average Bonchev–Trinajstić information content (AvgIpc) is 3.24. The summed E-state index contributed by atoms with van der Waals surface area (Å²) in [6.07, 6.45) is 15.5. The molecule has 0 bridgehead atoms. The van der Waals surface area contributed by atoms with Crippen LogP contribution < -0.4 is 5.35 Å². The summed E-state index contributed by atoms with van der Waals surface area (Å²) in [7, 11) is 0. The Kier molecular flexibility index (Phi) is 8.19. The molecule has 2 heteroatoms. The first kappa shape index (κ1) is 25.7. The predicted molar refractivity (Wildman–Crippen MR) is 167 cm³/mol. The Morgan fingerprint density at radius 1 is 0.763 bits per heavy atom. The summed E-state index contributed by atoms with van der Waals surface area (Å²) in [4.78, 5) is 5.02. The lowest BCUT2D eigenvalue weighted by molar-refractivity contribution is 0.640. The number of hydrogen-bond donors (Lipinski definition) is 0. The zero-order valence-corrected chi connectivity index (χ0v) is 23.0. The molecule has 5 aromatic rings. The SMILES string of the molecule is CCCCN=C(/C=C/C=C/C=c1/c2cccc3cccc(c32)n1CCCC)c1cccc2cccc(C)c12. The number of unbranched alkanes of at least 4 members (excludes halogenated alkanes) is 2. The van der Waals surface area contributed by atoms with Crippen molar-refractivity contribution >= 4 is 44.2 Å². The van der Waals surface area contributed by atoms with Gasteiger partial charge in [-0.25, -0.2) is 0 Å². The van der Waals surface area contributed by atoms with E-state index in [9.17, 15) is 0 Å². The fraction of sp³-hybridized carbons (Fsp3) is 0.250. The zero-order chi connectivity index (χ0) is 26.3. The van der Waals surface area contributed by atoms with E-state index in [0.29, 0.717) is 0 Å². The molecule has 1 heterocycles. The number of benzene rings is 4. The van der Waals surface area contributed by atoms with Gasteiger partial charge >= 0.3 is 0 Å². The first-order valence-electron chi connectivity index (χ1n) is 14.1. The average molecular weight is 499 g/mol. The molecule has 192 valence electrons. The van der Waals surface area contributed by atoms with Crippen molar-refractivity contribution in [2.24, 2.45) is 4.99 Å². The van der Waals surface area contributed by atoms with Gasteiger partial charge in [-0.1, -0.05) is 112 Å². The van der Waals surface area contributed by atoms with E-state index in [2.05, 4.69) is 129 Å². The molecule has 0 amide bonds. The molecule has 38 heavy (non-hydrogen) atoms. The number of allylic oxidation sites excluding steroid dienone is 4. The highest BCUT2D eigenvalue weighted by molar-refractivity contribution is 6.17. The van der Waals surface area contributed by atoms with Crippen LogP contribution in [0.2, 0.25) is 0 Å². The van der Waals surface area contributed by atoms with E-state index < -0.39 is 0 Å². The number of nitrogens with zero attached hydrogens (tertiary/aromatic N) is 2. The van der Waals surface area contributed by atoms with Crippen LogP contribution >= 0.6 is 0 Å². The van der Waals surface area contributed by atoms with E-state index >= 15 is 0 Å². The minimum atomic E-state index is 0.848. The summed E-state index contributed by atoms with van der Waals surface area (Å²) < 4.78 is 2.49. The Hall–Kier alpha value is -3.91. The van der Waals surface area contributed by atoms with E-state index in [-0.39, 0.29) is 0 Å². The van der Waals surface area contributed by atoms with Gasteiger partial charge in [-0.05, 0) is 59.7 Å². The normalized spacial score (nSPS) is 13.3. The molecule has 0 atom stereocenters. The molecule has 0 radical (unpaired) electrons. The van der Waals surface area contributed by atoms with Crippen LogP contribution in [0.4, 0.5) is 0 Å². The van der Waals surface area contributed by atoms with Gasteiger partial charge in [0.05, 0.1) is 5.71 Å². The topological polar surface area (TPSA) is 17.3 Å². The predicted octanol–water partition coefficient (Wildman–Crippen LogP) is 8.96.